The molecular weight excluding hydrogens is 243 g/mol. The molecule has 0 fully saturated rings. The van der Waals surface area contributed by atoms with E-state index in [-0.39, 0.29) is 11.9 Å². The molecule has 1 atom stereocenters. The molecule has 0 radical (unpaired) electrons. The summed E-state index contributed by atoms with van der Waals surface area (Å²) >= 11 is 0. The average molecular weight is 260 g/mol. The molecule has 0 spiro atoms. The van der Waals surface area contributed by atoms with Crippen LogP contribution in [0.15, 0.2) is 30.5 Å². The van der Waals surface area contributed by atoms with Crippen molar-refractivity contribution in [2.75, 3.05) is 7.11 Å². The predicted molar refractivity (Wildman–Crippen MR) is 72.1 cm³/mol. The lowest BCUT2D eigenvalue weighted by Crippen LogP contribution is -2.18. The minimum Gasteiger partial charge on any atom is -0.497 e. The van der Waals surface area contributed by atoms with Gasteiger partial charge in [0.1, 0.15) is 11.6 Å². The minimum atomic E-state index is -0.252. The van der Waals surface area contributed by atoms with Gasteiger partial charge in [-0.15, -0.1) is 0 Å². The molecule has 1 heterocycles. The molecule has 1 unspecified atom stereocenters. The Morgan fingerprint density at radius 2 is 2.21 bits per heavy atom. The first-order valence-corrected chi connectivity index (χ1v) is 6.50. The van der Waals surface area contributed by atoms with Gasteiger partial charge in [0.2, 0.25) is 0 Å². The summed E-state index contributed by atoms with van der Waals surface area (Å²) in [6.07, 6.45) is 4.88. The second kappa shape index (κ2) is 4.70. The van der Waals surface area contributed by atoms with Crippen molar-refractivity contribution in [3.63, 3.8) is 0 Å². The molecular formula is C15H17FN2O. The van der Waals surface area contributed by atoms with E-state index in [1.807, 2.05) is 16.8 Å². The molecule has 1 aromatic heterocycles. The lowest BCUT2D eigenvalue weighted by Gasteiger charge is -2.21. The van der Waals surface area contributed by atoms with Gasteiger partial charge < -0.3 is 15.0 Å². The molecule has 0 bridgehead atoms. The van der Waals surface area contributed by atoms with Gasteiger partial charge in [-0.05, 0) is 43.0 Å². The van der Waals surface area contributed by atoms with E-state index in [4.69, 9.17) is 10.5 Å². The van der Waals surface area contributed by atoms with Crippen molar-refractivity contribution in [1.29, 1.82) is 0 Å². The van der Waals surface area contributed by atoms with Gasteiger partial charge in [0.15, 0.2) is 0 Å². The van der Waals surface area contributed by atoms with Crippen LogP contribution in [0.25, 0.3) is 5.69 Å². The van der Waals surface area contributed by atoms with E-state index in [0.717, 1.165) is 30.5 Å². The summed E-state index contributed by atoms with van der Waals surface area (Å²) in [5.74, 6) is 0.400. The Morgan fingerprint density at radius 3 is 3.00 bits per heavy atom. The molecule has 19 heavy (non-hydrogen) atoms. The normalized spacial score (nSPS) is 18.2. The van der Waals surface area contributed by atoms with Gasteiger partial charge in [-0.25, -0.2) is 4.39 Å². The van der Waals surface area contributed by atoms with Gasteiger partial charge in [-0.2, -0.15) is 0 Å². The maximum atomic E-state index is 14.0. The lowest BCUT2D eigenvalue weighted by atomic mass is 9.93. The molecule has 0 amide bonds. The number of ether oxygens (including phenoxy) is 1. The highest BCUT2D eigenvalue weighted by Crippen LogP contribution is 2.32. The summed E-state index contributed by atoms with van der Waals surface area (Å²) in [6, 6.07) is 6.84. The SMILES string of the molecule is COc1ccc(F)c(-n2ccc3c2CCCC3N)c1. The third-order valence-electron chi connectivity index (χ3n) is 3.77. The fraction of sp³-hybridized carbons (Fsp3) is 0.333. The second-order valence-corrected chi connectivity index (χ2v) is 4.90. The molecule has 1 aromatic carbocycles. The number of aromatic nitrogens is 1. The Morgan fingerprint density at radius 1 is 1.37 bits per heavy atom. The van der Waals surface area contributed by atoms with Crippen LogP contribution in [0.4, 0.5) is 4.39 Å². The zero-order valence-electron chi connectivity index (χ0n) is 10.9. The number of hydrogen-bond donors (Lipinski definition) is 1. The Kier molecular flexibility index (Phi) is 3.03. The smallest absolute Gasteiger partial charge is 0.147 e. The molecule has 2 aromatic rings. The van der Waals surface area contributed by atoms with E-state index in [1.165, 1.54) is 6.07 Å². The van der Waals surface area contributed by atoms with E-state index in [1.54, 1.807) is 19.2 Å². The van der Waals surface area contributed by atoms with E-state index in [2.05, 4.69) is 0 Å². The highest BCUT2D eigenvalue weighted by atomic mass is 19.1. The second-order valence-electron chi connectivity index (χ2n) is 4.90. The summed E-state index contributed by atoms with van der Waals surface area (Å²) in [5, 5.41) is 0. The van der Waals surface area contributed by atoms with Gasteiger partial charge in [0.05, 0.1) is 12.8 Å². The first-order chi connectivity index (χ1) is 9.20. The summed E-state index contributed by atoms with van der Waals surface area (Å²) in [4.78, 5) is 0. The van der Waals surface area contributed by atoms with Crippen LogP contribution in [0.5, 0.6) is 5.75 Å². The maximum Gasteiger partial charge on any atom is 0.147 e. The van der Waals surface area contributed by atoms with Crippen molar-refractivity contribution in [2.24, 2.45) is 5.73 Å². The largest absolute Gasteiger partial charge is 0.497 e. The zero-order valence-corrected chi connectivity index (χ0v) is 10.9. The Balaban J connectivity index is 2.12. The van der Waals surface area contributed by atoms with Crippen molar-refractivity contribution < 1.29 is 9.13 Å². The standard InChI is InChI=1S/C15H17FN2O/c1-19-10-5-6-12(16)15(9-10)18-8-7-11-13(17)3-2-4-14(11)18/h5-9,13H,2-4,17H2,1H3. The van der Waals surface area contributed by atoms with Crippen LogP contribution in [0.2, 0.25) is 0 Å². The molecule has 0 saturated carbocycles. The van der Waals surface area contributed by atoms with Crippen LogP contribution in [-0.2, 0) is 6.42 Å². The molecule has 0 saturated heterocycles. The van der Waals surface area contributed by atoms with Crippen LogP contribution in [-0.4, -0.2) is 11.7 Å². The van der Waals surface area contributed by atoms with Crippen LogP contribution >= 0.6 is 0 Å². The molecule has 1 aliphatic rings. The summed E-state index contributed by atoms with van der Waals surface area (Å²) in [5.41, 5.74) is 8.87. The summed E-state index contributed by atoms with van der Waals surface area (Å²) < 4.78 is 21.1. The van der Waals surface area contributed by atoms with Crippen molar-refractivity contribution in [3.8, 4) is 11.4 Å². The van der Waals surface area contributed by atoms with Crippen molar-refractivity contribution >= 4 is 0 Å². The Bertz CT molecular complexity index is 606. The number of benzene rings is 1. The van der Waals surface area contributed by atoms with Gasteiger partial charge in [-0.1, -0.05) is 0 Å². The fourth-order valence-electron chi connectivity index (χ4n) is 2.76. The van der Waals surface area contributed by atoms with Gasteiger partial charge in [0.25, 0.3) is 0 Å². The molecule has 2 N–H and O–H groups in total. The fourth-order valence-corrected chi connectivity index (χ4v) is 2.76. The molecule has 1 aliphatic carbocycles. The molecule has 0 aliphatic heterocycles. The van der Waals surface area contributed by atoms with Gasteiger partial charge >= 0.3 is 0 Å². The number of nitrogens with zero attached hydrogens (tertiary/aromatic N) is 1. The lowest BCUT2D eigenvalue weighted by molar-refractivity contribution is 0.413. The summed E-state index contributed by atoms with van der Waals surface area (Å²) in [6.45, 7) is 0. The van der Waals surface area contributed by atoms with Crippen molar-refractivity contribution in [2.45, 2.75) is 25.3 Å². The van der Waals surface area contributed by atoms with E-state index in [9.17, 15) is 4.39 Å². The van der Waals surface area contributed by atoms with E-state index >= 15 is 0 Å². The number of rotatable bonds is 2. The van der Waals surface area contributed by atoms with Gasteiger partial charge in [0, 0.05) is 24.0 Å². The molecule has 3 rings (SSSR count). The van der Waals surface area contributed by atoms with E-state index in [0.29, 0.717) is 11.4 Å². The molecule has 100 valence electrons. The maximum absolute atomic E-state index is 14.0. The minimum absolute atomic E-state index is 0.0682. The third-order valence-corrected chi connectivity index (χ3v) is 3.77. The summed E-state index contributed by atoms with van der Waals surface area (Å²) in [7, 11) is 1.58. The highest BCUT2D eigenvalue weighted by Gasteiger charge is 2.21. The third kappa shape index (κ3) is 2.02. The zero-order chi connectivity index (χ0) is 13.4. The monoisotopic (exact) mass is 260 g/mol. The topological polar surface area (TPSA) is 40.2 Å². The van der Waals surface area contributed by atoms with Crippen LogP contribution < -0.4 is 10.5 Å². The number of methoxy groups -OCH3 is 1. The van der Waals surface area contributed by atoms with Crippen molar-refractivity contribution in [1.82, 2.24) is 4.57 Å². The molecule has 4 heteroatoms. The quantitative estimate of drug-likeness (QED) is 0.901. The average Bonchev–Trinajstić information content (AvgIpc) is 2.85. The Labute approximate surface area is 111 Å². The van der Waals surface area contributed by atoms with Crippen LogP contribution in [0.3, 0.4) is 0 Å². The number of nitrogens with two attached hydrogens (primary N) is 1. The van der Waals surface area contributed by atoms with Crippen LogP contribution in [0.1, 0.15) is 30.1 Å². The first kappa shape index (κ1) is 12.2. The molecule has 3 nitrogen and oxygen atoms in total. The van der Waals surface area contributed by atoms with Crippen LogP contribution in [0, 0.1) is 5.82 Å². The number of halogens is 1. The number of fused-ring (bicyclic) bond motifs is 1. The van der Waals surface area contributed by atoms with Gasteiger partial charge in [-0.3, -0.25) is 0 Å². The first-order valence-electron chi connectivity index (χ1n) is 6.50. The number of hydrogen-bond acceptors (Lipinski definition) is 2. The highest BCUT2D eigenvalue weighted by molar-refractivity contribution is 5.45. The Hall–Kier alpha value is -1.81. The van der Waals surface area contributed by atoms with Crippen molar-refractivity contribution in [3.05, 3.63) is 47.5 Å². The van der Waals surface area contributed by atoms with E-state index < -0.39 is 0 Å². The predicted octanol–water partition coefficient (Wildman–Crippen LogP) is 2.96.